The van der Waals surface area contributed by atoms with Crippen LogP contribution >= 0.6 is 35.7 Å². The molecule has 0 radical (unpaired) electrons. The second-order valence-corrected chi connectivity index (χ2v) is 4.92. The van der Waals surface area contributed by atoms with E-state index >= 15 is 0 Å². The van der Waals surface area contributed by atoms with E-state index in [1.54, 1.807) is 0 Å². The van der Waals surface area contributed by atoms with Crippen LogP contribution < -0.4 is 0 Å². The van der Waals surface area contributed by atoms with E-state index in [0.29, 0.717) is 0 Å². The standard InChI is InChI=1S/C9H7FS3/c1-12-8-6-4-5(11)2-3-7(6)13-9(8)10/h2-4,11H,1H3. The van der Waals surface area contributed by atoms with Gasteiger partial charge >= 0.3 is 0 Å². The number of halogens is 1. The molecule has 0 aliphatic rings. The molecule has 1 aromatic carbocycles. The molecule has 0 atom stereocenters. The molecular formula is C9H7FS3. The molecule has 0 aliphatic heterocycles. The van der Waals surface area contributed by atoms with E-state index < -0.39 is 0 Å². The van der Waals surface area contributed by atoms with E-state index in [1.807, 2.05) is 24.5 Å². The van der Waals surface area contributed by atoms with Crippen LogP contribution in [0, 0.1) is 5.13 Å². The Morgan fingerprint density at radius 2 is 2.23 bits per heavy atom. The number of hydrogen-bond acceptors (Lipinski definition) is 3. The van der Waals surface area contributed by atoms with E-state index in [0.717, 1.165) is 19.9 Å². The van der Waals surface area contributed by atoms with Crippen molar-refractivity contribution in [2.45, 2.75) is 9.79 Å². The molecule has 0 bridgehead atoms. The van der Waals surface area contributed by atoms with Crippen molar-refractivity contribution in [3.05, 3.63) is 23.3 Å². The van der Waals surface area contributed by atoms with Crippen LogP contribution in [0.3, 0.4) is 0 Å². The molecule has 0 saturated heterocycles. The lowest BCUT2D eigenvalue weighted by Crippen LogP contribution is -1.70. The Bertz CT molecular complexity index is 447. The molecule has 0 spiro atoms. The summed E-state index contributed by atoms with van der Waals surface area (Å²) in [4.78, 5) is 1.61. The van der Waals surface area contributed by atoms with Crippen LogP contribution in [-0.2, 0) is 0 Å². The molecule has 1 heterocycles. The zero-order valence-corrected chi connectivity index (χ0v) is 9.40. The first-order chi connectivity index (χ1) is 6.22. The van der Waals surface area contributed by atoms with Gasteiger partial charge in [0, 0.05) is 15.0 Å². The zero-order valence-electron chi connectivity index (χ0n) is 6.87. The third kappa shape index (κ3) is 1.58. The summed E-state index contributed by atoms with van der Waals surface area (Å²) in [6, 6.07) is 5.69. The first-order valence-corrected chi connectivity index (χ1v) is 6.16. The number of thioether (sulfide) groups is 1. The van der Waals surface area contributed by atoms with E-state index in [-0.39, 0.29) is 5.13 Å². The first-order valence-electron chi connectivity index (χ1n) is 3.67. The van der Waals surface area contributed by atoms with Crippen molar-refractivity contribution in [1.82, 2.24) is 0 Å². The fraction of sp³-hybridized carbons (Fsp3) is 0.111. The number of thiophene rings is 1. The van der Waals surface area contributed by atoms with Crippen molar-refractivity contribution in [2.75, 3.05) is 6.26 Å². The van der Waals surface area contributed by atoms with E-state index in [9.17, 15) is 4.39 Å². The minimum absolute atomic E-state index is 0.0959. The monoisotopic (exact) mass is 230 g/mol. The fourth-order valence-corrected chi connectivity index (χ4v) is 3.22. The smallest absolute Gasteiger partial charge is 0.191 e. The van der Waals surface area contributed by atoms with Gasteiger partial charge in [-0.2, -0.15) is 4.39 Å². The summed E-state index contributed by atoms with van der Waals surface area (Å²) >= 11 is 6.86. The van der Waals surface area contributed by atoms with Crippen LogP contribution in [0.5, 0.6) is 0 Å². The molecule has 0 nitrogen and oxygen atoms in total. The van der Waals surface area contributed by atoms with E-state index in [2.05, 4.69) is 12.6 Å². The maximum atomic E-state index is 13.3. The van der Waals surface area contributed by atoms with Crippen molar-refractivity contribution in [2.24, 2.45) is 0 Å². The third-order valence-electron chi connectivity index (χ3n) is 1.79. The summed E-state index contributed by atoms with van der Waals surface area (Å²) in [6.07, 6.45) is 1.88. The predicted molar refractivity (Wildman–Crippen MR) is 60.8 cm³/mol. The van der Waals surface area contributed by atoms with Crippen molar-refractivity contribution in [3.8, 4) is 0 Å². The third-order valence-corrected chi connectivity index (χ3v) is 3.96. The number of rotatable bonds is 1. The number of hydrogen-bond donors (Lipinski definition) is 1. The summed E-state index contributed by atoms with van der Waals surface area (Å²) in [7, 11) is 0. The highest BCUT2D eigenvalue weighted by Gasteiger charge is 2.10. The molecule has 0 fully saturated rings. The Labute approximate surface area is 89.6 Å². The van der Waals surface area contributed by atoms with Crippen LogP contribution in [0.1, 0.15) is 0 Å². The average molecular weight is 230 g/mol. The number of thiol groups is 1. The van der Waals surface area contributed by atoms with Crippen LogP contribution in [0.25, 0.3) is 10.1 Å². The largest absolute Gasteiger partial charge is 0.194 e. The van der Waals surface area contributed by atoms with Gasteiger partial charge in [0.25, 0.3) is 0 Å². The molecule has 0 saturated carbocycles. The normalized spacial score (nSPS) is 11.0. The molecule has 4 heteroatoms. The van der Waals surface area contributed by atoms with Gasteiger partial charge in [-0.1, -0.05) is 0 Å². The van der Waals surface area contributed by atoms with Crippen LogP contribution in [0.15, 0.2) is 28.0 Å². The average Bonchev–Trinajstić information content (AvgIpc) is 2.40. The molecule has 2 rings (SSSR count). The highest BCUT2D eigenvalue weighted by atomic mass is 32.2. The summed E-state index contributed by atoms with van der Waals surface area (Å²) < 4.78 is 14.3. The second-order valence-electron chi connectivity index (χ2n) is 2.59. The fourth-order valence-electron chi connectivity index (χ4n) is 1.22. The van der Waals surface area contributed by atoms with E-state index in [4.69, 9.17) is 0 Å². The van der Waals surface area contributed by atoms with Gasteiger partial charge in [0.1, 0.15) is 0 Å². The molecule has 2 aromatic rings. The van der Waals surface area contributed by atoms with Crippen molar-refractivity contribution < 1.29 is 4.39 Å². The molecule has 1 aromatic heterocycles. The minimum Gasteiger partial charge on any atom is -0.194 e. The van der Waals surface area contributed by atoms with Crippen molar-refractivity contribution in [1.29, 1.82) is 0 Å². The number of fused-ring (bicyclic) bond motifs is 1. The lowest BCUT2D eigenvalue weighted by atomic mass is 10.3. The van der Waals surface area contributed by atoms with Gasteiger partial charge in [0.15, 0.2) is 5.13 Å². The molecular weight excluding hydrogens is 223 g/mol. The van der Waals surface area contributed by atoms with Crippen molar-refractivity contribution in [3.63, 3.8) is 0 Å². The Morgan fingerprint density at radius 3 is 2.92 bits per heavy atom. The maximum Gasteiger partial charge on any atom is 0.191 e. The van der Waals surface area contributed by atoms with Gasteiger partial charge < -0.3 is 0 Å². The SMILES string of the molecule is CSc1c(F)sc2ccc(S)cc12. The van der Waals surface area contributed by atoms with Crippen LogP contribution in [0.4, 0.5) is 4.39 Å². The van der Waals surface area contributed by atoms with Crippen LogP contribution in [0.2, 0.25) is 0 Å². The van der Waals surface area contributed by atoms with Crippen LogP contribution in [-0.4, -0.2) is 6.26 Å². The topological polar surface area (TPSA) is 0 Å². The van der Waals surface area contributed by atoms with Gasteiger partial charge in [-0.05, 0) is 24.5 Å². The summed E-state index contributed by atoms with van der Waals surface area (Å²) in [5.74, 6) is 0. The minimum atomic E-state index is -0.0959. The Hall–Kier alpha value is -0.190. The highest BCUT2D eigenvalue weighted by molar-refractivity contribution is 7.99. The lowest BCUT2D eigenvalue weighted by Gasteiger charge is -1.94. The molecule has 0 aliphatic carbocycles. The molecule has 13 heavy (non-hydrogen) atoms. The predicted octanol–water partition coefficient (Wildman–Crippen LogP) is 4.05. The van der Waals surface area contributed by atoms with Gasteiger partial charge in [-0.25, -0.2) is 0 Å². The molecule has 68 valence electrons. The first kappa shape index (κ1) is 9.37. The number of benzene rings is 1. The Balaban J connectivity index is 2.80. The maximum absolute atomic E-state index is 13.3. The summed E-state index contributed by atoms with van der Waals surface area (Å²) in [5.41, 5.74) is 0. The Morgan fingerprint density at radius 1 is 1.46 bits per heavy atom. The van der Waals surface area contributed by atoms with Gasteiger partial charge in [0.2, 0.25) is 0 Å². The second kappa shape index (κ2) is 3.52. The zero-order chi connectivity index (χ0) is 9.42. The van der Waals surface area contributed by atoms with Crippen molar-refractivity contribution >= 4 is 45.8 Å². The van der Waals surface area contributed by atoms with Gasteiger partial charge in [-0.15, -0.1) is 35.7 Å². The summed E-state index contributed by atoms with van der Waals surface area (Å²) in [5, 5.41) is 0.879. The lowest BCUT2D eigenvalue weighted by molar-refractivity contribution is 0.636. The molecule has 0 N–H and O–H groups in total. The summed E-state index contributed by atoms with van der Waals surface area (Å²) in [6.45, 7) is 0. The molecule has 0 unspecified atom stereocenters. The van der Waals surface area contributed by atoms with Gasteiger partial charge in [-0.3, -0.25) is 0 Å². The van der Waals surface area contributed by atoms with Gasteiger partial charge in [0.05, 0.1) is 4.90 Å². The Kier molecular flexibility index (Phi) is 2.53. The highest BCUT2D eigenvalue weighted by Crippen LogP contribution is 2.36. The molecule has 0 amide bonds. The van der Waals surface area contributed by atoms with E-state index in [1.165, 1.54) is 23.1 Å². The quantitative estimate of drug-likeness (QED) is 0.569.